The molecule has 4 N–H and O–H groups in total. The Morgan fingerprint density at radius 1 is 1.13 bits per heavy atom. The molecule has 2 saturated heterocycles. The molecule has 0 spiro atoms. The number of nitrogens with zero attached hydrogens (tertiary/aromatic N) is 2. The first-order valence-corrected chi connectivity index (χ1v) is 15.7. The predicted octanol–water partition coefficient (Wildman–Crippen LogP) is 3.32. The maximum atomic E-state index is 13.4. The molecule has 2 fully saturated rings. The average molecular weight is 650 g/mol. The van der Waals surface area contributed by atoms with E-state index in [1.165, 1.54) is 12.1 Å². The van der Waals surface area contributed by atoms with Crippen LogP contribution in [0.1, 0.15) is 81.6 Å². The van der Waals surface area contributed by atoms with Gasteiger partial charge < -0.3 is 25.2 Å². The van der Waals surface area contributed by atoms with E-state index >= 15 is 0 Å². The van der Waals surface area contributed by atoms with Crippen LogP contribution in [0.4, 0.5) is 0 Å². The van der Waals surface area contributed by atoms with E-state index in [0.717, 1.165) is 24.8 Å². The number of carboxylic acid groups (broad SMARTS) is 1. The molecule has 0 aromatic carbocycles. The molecule has 3 atom stereocenters. The van der Waals surface area contributed by atoms with Crippen LogP contribution in [-0.2, 0) is 33.4 Å². The predicted molar refractivity (Wildman–Crippen MR) is 178 cm³/mol. The molecule has 0 saturated carbocycles. The van der Waals surface area contributed by atoms with E-state index in [-0.39, 0.29) is 30.9 Å². The molecule has 0 radical (unpaired) electrons. The molecular formula is C33H55N5O8. The molecule has 0 bridgehead atoms. The van der Waals surface area contributed by atoms with Crippen molar-refractivity contribution in [2.24, 2.45) is 16.3 Å². The molecule has 0 aromatic heterocycles. The molecule has 3 amide bonds. The Morgan fingerprint density at radius 3 is 2.20 bits per heavy atom. The van der Waals surface area contributed by atoms with Crippen LogP contribution in [0, 0.1) is 11.3 Å². The number of hydrazine groups is 1. The molecule has 2 rings (SSSR count). The number of amides is 3. The van der Waals surface area contributed by atoms with Gasteiger partial charge in [0, 0.05) is 24.9 Å². The van der Waals surface area contributed by atoms with Crippen LogP contribution in [0.25, 0.3) is 0 Å². The largest absolute Gasteiger partial charge is 0.481 e. The fourth-order valence-corrected chi connectivity index (χ4v) is 4.30. The van der Waals surface area contributed by atoms with Crippen molar-refractivity contribution in [2.45, 2.75) is 99.7 Å². The van der Waals surface area contributed by atoms with E-state index in [1.54, 1.807) is 19.1 Å². The topological polar surface area (TPSA) is 176 Å². The molecule has 260 valence electrons. The Balaban J connectivity index is 0.00000312. The number of methoxy groups -OCH3 is 1. The van der Waals surface area contributed by atoms with E-state index in [9.17, 15) is 19.2 Å². The number of aliphatic carboxylic acids is 1. The number of hydrogen-bond donors (Lipinski definition) is 4. The Bertz CT molecular complexity index is 1150. The fourth-order valence-electron chi connectivity index (χ4n) is 4.30. The number of hydrogen-bond acceptors (Lipinski definition) is 9. The number of nitrogens with one attached hydrogen (secondary N) is 3. The van der Waals surface area contributed by atoms with E-state index in [0.29, 0.717) is 25.0 Å². The number of esters is 1. The van der Waals surface area contributed by atoms with Gasteiger partial charge in [0.1, 0.15) is 23.5 Å². The summed E-state index contributed by atoms with van der Waals surface area (Å²) in [6.07, 6.45) is 7.39. The Hall–Kier alpha value is -3.84. The zero-order valence-corrected chi connectivity index (χ0v) is 29.2. The Morgan fingerprint density at radius 2 is 1.72 bits per heavy atom. The van der Waals surface area contributed by atoms with Crippen LogP contribution in [-0.4, -0.2) is 90.5 Å². The van der Waals surface area contributed by atoms with Gasteiger partial charge in [-0.2, -0.15) is 0 Å². The van der Waals surface area contributed by atoms with Crippen molar-refractivity contribution in [1.82, 2.24) is 21.1 Å². The first-order valence-electron chi connectivity index (χ1n) is 15.7. The lowest BCUT2D eigenvalue weighted by molar-refractivity contribution is -0.154. The smallest absolute Gasteiger partial charge is 0.324 e. The van der Waals surface area contributed by atoms with Gasteiger partial charge in [0.25, 0.3) is 11.9 Å². The second kappa shape index (κ2) is 21.0. The fraction of sp³-hybridized carbons (Fsp3) is 0.636. The maximum Gasteiger partial charge on any atom is 0.324 e. The molecule has 46 heavy (non-hydrogen) atoms. The highest BCUT2D eigenvalue weighted by Crippen LogP contribution is 2.30. The maximum absolute atomic E-state index is 13.4. The van der Waals surface area contributed by atoms with E-state index < -0.39 is 41.4 Å². The highest BCUT2D eigenvalue weighted by atomic mass is 16.5. The molecule has 2 aliphatic rings. The summed E-state index contributed by atoms with van der Waals surface area (Å²) in [5.74, 6) is -2.73. The summed E-state index contributed by atoms with van der Waals surface area (Å²) in [5, 5.41) is 14.3. The third-order valence-corrected chi connectivity index (χ3v) is 6.96. The second-order valence-corrected chi connectivity index (χ2v) is 11.3. The minimum atomic E-state index is -0.928. The SMILES string of the molecule is C=C(/C=C/C1(C(=O)NC(C(=O)NC(C)C(=O)N2CCCC(C(=O)OC)N2)C(C)C)COC1)/C=C(\C)N=C(C)CC.CC.CC(=O)O. The lowest BCUT2D eigenvalue weighted by Crippen LogP contribution is -2.62. The molecular weight excluding hydrogens is 594 g/mol. The number of carbonyl (C=O) groups excluding carboxylic acids is 4. The lowest BCUT2D eigenvalue weighted by Gasteiger charge is -2.39. The molecule has 0 aliphatic carbocycles. The van der Waals surface area contributed by atoms with Gasteiger partial charge in [0.2, 0.25) is 11.8 Å². The van der Waals surface area contributed by atoms with Crippen LogP contribution in [0.3, 0.4) is 0 Å². The second-order valence-electron chi connectivity index (χ2n) is 11.3. The Kier molecular flexibility index (Phi) is 19.3. The molecule has 3 unspecified atom stereocenters. The zero-order chi connectivity index (χ0) is 35.6. The third-order valence-electron chi connectivity index (χ3n) is 6.96. The number of ether oxygens (including phenoxy) is 2. The van der Waals surface area contributed by atoms with E-state index in [2.05, 4.69) is 27.6 Å². The molecule has 13 nitrogen and oxygen atoms in total. The van der Waals surface area contributed by atoms with E-state index in [1.807, 2.05) is 54.5 Å². The van der Waals surface area contributed by atoms with Crippen molar-refractivity contribution in [1.29, 1.82) is 0 Å². The molecule has 2 aliphatic heterocycles. The first-order chi connectivity index (χ1) is 21.6. The van der Waals surface area contributed by atoms with Gasteiger partial charge in [-0.1, -0.05) is 53.3 Å². The zero-order valence-electron chi connectivity index (χ0n) is 29.2. The number of aliphatic imine (C=N–C) groups is 1. The first kappa shape index (κ1) is 42.2. The van der Waals surface area contributed by atoms with Crippen LogP contribution >= 0.6 is 0 Å². The third kappa shape index (κ3) is 14.1. The van der Waals surface area contributed by atoms with Gasteiger partial charge in [-0.3, -0.25) is 34.0 Å². The summed E-state index contributed by atoms with van der Waals surface area (Å²) < 4.78 is 10.1. The van der Waals surface area contributed by atoms with Crippen molar-refractivity contribution < 1.29 is 38.6 Å². The van der Waals surface area contributed by atoms with Crippen molar-refractivity contribution >= 4 is 35.4 Å². The van der Waals surface area contributed by atoms with Gasteiger partial charge in [-0.15, -0.1) is 0 Å². The summed E-state index contributed by atoms with van der Waals surface area (Å²) >= 11 is 0. The highest BCUT2D eigenvalue weighted by molar-refractivity contribution is 5.94. The summed E-state index contributed by atoms with van der Waals surface area (Å²) in [5.41, 5.74) is 4.47. The molecule has 13 heteroatoms. The monoisotopic (exact) mass is 649 g/mol. The summed E-state index contributed by atoms with van der Waals surface area (Å²) in [4.78, 5) is 64.9. The standard InChI is InChI=1S/C29H45N5O6.C2H4O2.C2H6/c1-9-20(5)30-21(6)15-19(4)12-13-29(16-40-17-29)28(38)32-24(18(2)3)25(35)31-22(7)26(36)34-14-10-11-23(33-34)27(37)39-8;1-2(3)4;1-2/h12-13,15,18,22-24,33H,4,9-11,14,16-17H2,1-3,5-8H3,(H,31,35)(H,32,38);1H3,(H,3,4);1-2H3/b13-12+,21-15+,30-20?;;. The minimum Gasteiger partial charge on any atom is -0.481 e. The van der Waals surface area contributed by atoms with Crippen LogP contribution in [0.15, 0.2) is 41.1 Å². The van der Waals surface area contributed by atoms with Gasteiger partial charge in [0.05, 0.1) is 20.3 Å². The average Bonchev–Trinajstić information content (AvgIpc) is 2.98. The quantitative estimate of drug-likeness (QED) is 0.140. The lowest BCUT2D eigenvalue weighted by atomic mass is 9.83. The Labute approximate surface area is 273 Å². The van der Waals surface area contributed by atoms with E-state index in [4.69, 9.17) is 19.4 Å². The summed E-state index contributed by atoms with van der Waals surface area (Å²) in [6.45, 7) is 21.0. The molecule has 0 aromatic rings. The highest BCUT2D eigenvalue weighted by Gasteiger charge is 2.45. The van der Waals surface area contributed by atoms with Crippen molar-refractivity contribution in [3.8, 4) is 0 Å². The van der Waals surface area contributed by atoms with Gasteiger partial charge in [-0.25, -0.2) is 5.43 Å². The minimum absolute atomic E-state index is 0.182. The summed E-state index contributed by atoms with van der Waals surface area (Å²) in [6, 6.07) is -2.37. The van der Waals surface area contributed by atoms with Crippen molar-refractivity contribution in [3.63, 3.8) is 0 Å². The summed E-state index contributed by atoms with van der Waals surface area (Å²) in [7, 11) is 1.29. The molecule has 2 heterocycles. The van der Waals surface area contributed by atoms with Crippen LogP contribution in [0.2, 0.25) is 0 Å². The number of allylic oxidation sites excluding steroid dienone is 4. The number of carbonyl (C=O) groups is 5. The van der Waals surface area contributed by atoms with Crippen molar-refractivity contribution in [3.05, 3.63) is 36.1 Å². The number of carboxylic acids is 1. The van der Waals surface area contributed by atoms with Gasteiger partial charge in [-0.05, 0) is 57.6 Å². The van der Waals surface area contributed by atoms with Crippen LogP contribution in [0.5, 0.6) is 0 Å². The normalized spacial score (nSPS) is 18.8. The number of rotatable bonds is 12. The van der Waals surface area contributed by atoms with Gasteiger partial charge >= 0.3 is 5.97 Å². The van der Waals surface area contributed by atoms with Crippen molar-refractivity contribution in [2.75, 3.05) is 26.9 Å². The van der Waals surface area contributed by atoms with Crippen LogP contribution < -0.4 is 16.1 Å². The van der Waals surface area contributed by atoms with Gasteiger partial charge in [0.15, 0.2) is 0 Å².